The average molecular weight is 591 g/mol. The van der Waals surface area contributed by atoms with Crippen LogP contribution in [0.4, 0.5) is 8.78 Å². The highest BCUT2D eigenvalue weighted by molar-refractivity contribution is 7.90. The zero-order valence-electron chi connectivity index (χ0n) is 23.3. The van der Waals surface area contributed by atoms with Gasteiger partial charge in [-0.1, -0.05) is 17.7 Å². The van der Waals surface area contributed by atoms with E-state index in [2.05, 4.69) is 4.98 Å². The first kappa shape index (κ1) is 28.9. The van der Waals surface area contributed by atoms with Gasteiger partial charge in [0.2, 0.25) is 0 Å². The molecule has 1 saturated heterocycles. The molecule has 12 heteroatoms. The van der Waals surface area contributed by atoms with Crippen molar-refractivity contribution < 1.29 is 26.5 Å². The van der Waals surface area contributed by atoms with Crippen LogP contribution in [-0.4, -0.2) is 42.5 Å². The van der Waals surface area contributed by atoms with Gasteiger partial charge >= 0.3 is 7.12 Å². The van der Waals surface area contributed by atoms with Gasteiger partial charge in [-0.05, 0) is 83.2 Å². The second-order valence-electron chi connectivity index (χ2n) is 11.7. The van der Waals surface area contributed by atoms with E-state index in [1.54, 1.807) is 19.9 Å². The van der Waals surface area contributed by atoms with Crippen molar-refractivity contribution in [2.45, 2.75) is 75.8 Å². The third-order valence-corrected chi connectivity index (χ3v) is 9.73. The van der Waals surface area contributed by atoms with Gasteiger partial charge in [0.1, 0.15) is 15.6 Å². The monoisotopic (exact) mass is 590 g/mol. The Balaban J connectivity index is 1.56. The van der Waals surface area contributed by atoms with Crippen molar-refractivity contribution in [2.75, 3.05) is 6.26 Å². The summed E-state index contributed by atoms with van der Waals surface area (Å²) in [5.74, 6) is -2.13. The number of pyridine rings is 2. The smallest absolute Gasteiger partial charge is 0.403 e. The van der Waals surface area contributed by atoms with E-state index < -0.39 is 55.9 Å². The number of hydrogen-bond donors (Lipinski definition) is 0. The summed E-state index contributed by atoms with van der Waals surface area (Å²) < 4.78 is 68.8. The molecule has 0 amide bonds. The number of halogens is 3. The van der Waals surface area contributed by atoms with E-state index in [0.29, 0.717) is 16.8 Å². The predicted octanol–water partition coefficient (Wildman–Crippen LogP) is 5.80. The Kier molecular flexibility index (Phi) is 6.85. The molecule has 5 rings (SSSR count). The molecule has 0 bridgehead atoms. The molecule has 1 aliphatic carbocycles. The Hall–Kier alpha value is -2.60. The fraction of sp³-hybridized carbons (Fsp3) is 0.429. The van der Waals surface area contributed by atoms with Crippen LogP contribution >= 0.6 is 11.6 Å². The molecule has 2 aromatic heterocycles. The number of rotatable bonds is 5. The maximum atomic E-state index is 16.1. The van der Waals surface area contributed by atoms with Crippen molar-refractivity contribution in [3.8, 4) is 16.9 Å². The van der Waals surface area contributed by atoms with Crippen LogP contribution in [0.15, 0.2) is 40.2 Å². The van der Waals surface area contributed by atoms with Crippen LogP contribution < -0.4 is 5.56 Å². The molecule has 3 aromatic rings. The minimum absolute atomic E-state index is 0.0179. The lowest BCUT2D eigenvalue weighted by Gasteiger charge is -2.32. The van der Waals surface area contributed by atoms with E-state index in [4.69, 9.17) is 20.9 Å². The fourth-order valence-corrected chi connectivity index (χ4v) is 6.27. The van der Waals surface area contributed by atoms with Crippen molar-refractivity contribution in [1.82, 2.24) is 9.55 Å². The highest BCUT2D eigenvalue weighted by Gasteiger charge is 2.60. The molecule has 0 unspecified atom stereocenters. The van der Waals surface area contributed by atoms with Gasteiger partial charge in [0, 0.05) is 29.5 Å². The zero-order valence-corrected chi connectivity index (χ0v) is 24.9. The average Bonchev–Trinajstić information content (AvgIpc) is 3.59. The molecule has 0 spiro atoms. The van der Waals surface area contributed by atoms with Crippen molar-refractivity contribution in [3.63, 3.8) is 0 Å². The van der Waals surface area contributed by atoms with Crippen LogP contribution in [0.5, 0.6) is 0 Å². The molecule has 212 valence electrons. The fourth-order valence-electron chi connectivity index (χ4n) is 5.23. The minimum Gasteiger partial charge on any atom is -0.403 e. The van der Waals surface area contributed by atoms with Gasteiger partial charge in [-0.2, -0.15) is 0 Å². The topological polar surface area (TPSA) is 87.5 Å². The van der Waals surface area contributed by atoms with Gasteiger partial charge < -0.3 is 9.31 Å². The van der Waals surface area contributed by atoms with Gasteiger partial charge in [-0.3, -0.25) is 14.3 Å². The molecule has 7 nitrogen and oxygen atoms in total. The highest BCUT2D eigenvalue weighted by atomic mass is 35.5. The van der Waals surface area contributed by atoms with Gasteiger partial charge in [0.15, 0.2) is 21.5 Å². The summed E-state index contributed by atoms with van der Waals surface area (Å²) in [5.41, 5.74) is -1.10. The van der Waals surface area contributed by atoms with E-state index in [9.17, 15) is 13.2 Å². The van der Waals surface area contributed by atoms with Crippen molar-refractivity contribution in [1.29, 1.82) is 0 Å². The Morgan fingerprint density at radius 2 is 1.73 bits per heavy atom. The molecule has 0 N–H and O–H groups in total. The summed E-state index contributed by atoms with van der Waals surface area (Å²) in [5, 5.41) is -0.0444. The number of sulfone groups is 1. The molecular weight excluding hydrogens is 561 g/mol. The van der Waals surface area contributed by atoms with E-state index in [-0.39, 0.29) is 28.0 Å². The quantitative estimate of drug-likeness (QED) is 0.349. The first-order valence-corrected chi connectivity index (χ1v) is 15.2. The van der Waals surface area contributed by atoms with Gasteiger partial charge in [0.05, 0.1) is 16.9 Å². The molecule has 2 atom stereocenters. The second-order valence-corrected chi connectivity index (χ2v) is 14.0. The Labute approximate surface area is 237 Å². The van der Waals surface area contributed by atoms with Crippen LogP contribution in [0.25, 0.3) is 16.9 Å². The highest BCUT2D eigenvalue weighted by Crippen LogP contribution is 2.59. The summed E-state index contributed by atoms with van der Waals surface area (Å²) in [4.78, 5) is 17.1. The summed E-state index contributed by atoms with van der Waals surface area (Å²) in [6.07, 6.45) is 2.90. The molecular formula is C28H30BClF2N2O5S. The third-order valence-electron chi connectivity index (χ3n) is 8.24. The largest absolute Gasteiger partial charge is 0.461 e. The molecule has 0 radical (unpaired) electrons. The standard InChI is InChI=1S/C28H30BClF2N2O5S/c1-14-13-33-24(16-9-8-10-20(22(16)31)40(7,36)37)23(32)25(14)34-15(2)11-18(21(30)26(34)35)17-12-19(17)29-38-27(3,4)28(5,6)39-29/h8-11,13,17,19H,12H2,1-7H3/t17-,19+/m1/s1. The van der Waals surface area contributed by atoms with Crippen molar-refractivity contribution >= 4 is 28.6 Å². The lowest BCUT2D eigenvalue weighted by Crippen LogP contribution is -2.41. The predicted molar refractivity (Wildman–Crippen MR) is 150 cm³/mol. The Morgan fingerprint density at radius 3 is 2.33 bits per heavy atom. The lowest BCUT2D eigenvalue weighted by molar-refractivity contribution is 0.00578. The SMILES string of the molecule is Cc1cnc(-c2cccc(S(C)(=O)=O)c2F)c(F)c1-n1c(C)cc([C@H]2C[C@@H]2B2OC(C)(C)C(C)(C)O2)c(Cl)c1=O. The Bertz CT molecular complexity index is 1710. The van der Waals surface area contributed by atoms with Crippen LogP contribution in [0.3, 0.4) is 0 Å². The summed E-state index contributed by atoms with van der Waals surface area (Å²) in [6.45, 7) is 11.1. The lowest BCUT2D eigenvalue weighted by atomic mass is 9.79. The second kappa shape index (κ2) is 9.47. The number of benzene rings is 1. The maximum Gasteiger partial charge on any atom is 0.461 e. The number of nitrogens with zero attached hydrogens (tertiary/aromatic N) is 2. The van der Waals surface area contributed by atoms with E-state index in [1.165, 1.54) is 18.3 Å². The van der Waals surface area contributed by atoms with Crippen LogP contribution in [0.2, 0.25) is 10.8 Å². The van der Waals surface area contributed by atoms with Gasteiger partial charge in [0.25, 0.3) is 5.56 Å². The molecule has 1 aliphatic heterocycles. The number of aryl methyl sites for hydroxylation is 2. The molecule has 2 aliphatic rings. The normalized spacial score (nSPS) is 21.6. The van der Waals surface area contributed by atoms with Crippen LogP contribution in [-0.2, 0) is 19.1 Å². The first-order chi connectivity index (χ1) is 18.5. The summed E-state index contributed by atoms with van der Waals surface area (Å²) in [7, 11) is -4.35. The van der Waals surface area contributed by atoms with E-state index in [1.807, 2.05) is 27.7 Å². The number of aromatic nitrogens is 2. The van der Waals surface area contributed by atoms with Crippen LogP contribution in [0, 0.1) is 25.5 Å². The summed E-state index contributed by atoms with van der Waals surface area (Å²) >= 11 is 6.62. The zero-order chi connectivity index (χ0) is 29.5. The number of hydrogen-bond acceptors (Lipinski definition) is 6. The van der Waals surface area contributed by atoms with Crippen molar-refractivity contribution in [2.24, 2.45) is 0 Å². The van der Waals surface area contributed by atoms with Gasteiger partial charge in [-0.15, -0.1) is 0 Å². The molecule has 2 fully saturated rings. The van der Waals surface area contributed by atoms with Crippen LogP contribution in [0.1, 0.15) is 56.9 Å². The molecule has 3 heterocycles. The maximum absolute atomic E-state index is 16.1. The van der Waals surface area contributed by atoms with E-state index in [0.717, 1.165) is 23.3 Å². The third kappa shape index (κ3) is 4.60. The van der Waals surface area contributed by atoms with E-state index >= 15 is 8.78 Å². The first-order valence-electron chi connectivity index (χ1n) is 12.9. The molecule has 40 heavy (non-hydrogen) atoms. The van der Waals surface area contributed by atoms with Crippen molar-refractivity contribution in [3.05, 3.63) is 74.3 Å². The minimum atomic E-state index is -3.91. The summed E-state index contributed by atoms with van der Waals surface area (Å²) in [6, 6.07) is 5.40. The Morgan fingerprint density at radius 1 is 1.10 bits per heavy atom. The molecule has 1 aromatic carbocycles. The van der Waals surface area contributed by atoms with Gasteiger partial charge in [-0.25, -0.2) is 17.2 Å². The molecule has 1 saturated carbocycles.